The Morgan fingerprint density at radius 3 is 2.75 bits per heavy atom. The molecule has 1 aliphatic carbocycles. The van der Waals surface area contributed by atoms with Crippen molar-refractivity contribution in [1.29, 1.82) is 0 Å². The van der Waals surface area contributed by atoms with E-state index in [9.17, 15) is 8.78 Å². The zero-order valence-corrected chi connectivity index (χ0v) is 13.0. The molecule has 3 N–H and O–H groups in total. The summed E-state index contributed by atoms with van der Waals surface area (Å²) in [5, 5.41) is 1.90. The van der Waals surface area contributed by atoms with E-state index in [1.54, 1.807) is 12.3 Å². The minimum Gasteiger partial charge on any atom is -0.479 e. The maximum atomic E-state index is 14.7. The number of fused-ring (bicyclic) bond motifs is 1. The van der Waals surface area contributed by atoms with Crippen LogP contribution >= 0.6 is 0 Å². The fourth-order valence-electron chi connectivity index (χ4n) is 2.94. The van der Waals surface area contributed by atoms with Gasteiger partial charge < -0.3 is 15.9 Å². The third kappa shape index (κ3) is 2.24. The molecule has 0 amide bonds. The highest BCUT2D eigenvalue weighted by atomic mass is 19.1. The van der Waals surface area contributed by atoms with Gasteiger partial charge in [-0.2, -0.15) is 0 Å². The number of methoxy groups -OCH3 is 1. The number of nitrogens with zero attached hydrogens (tertiary/aromatic N) is 2. The van der Waals surface area contributed by atoms with E-state index in [0.717, 1.165) is 12.8 Å². The lowest BCUT2D eigenvalue weighted by molar-refractivity contribution is 0.369. The molecule has 5 nitrogen and oxygen atoms in total. The van der Waals surface area contributed by atoms with Crippen LogP contribution < -0.4 is 20.9 Å². The van der Waals surface area contributed by atoms with Gasteiger partial charge >= 0.3 is 0 Å². The summed E-state index contributed by atoms with van der Waals surface area (Å²) in [4.78, 5) is 3.92. The number of benzene rings is 1. The van der Waals surface area contributed by atoms with Crippen molar-refractivity contribution in [2.75, 3.05) is 12.1 Å². The van der Waals surface area contributed by atoms with E-state index in [2.05, 4.69) is 10.4 Å². The second-order valence-corrected chi connectivity index (χ2v) is 5.86. The number of halogens is 2. The number of nitrogens with two attached hydrogens (primary N) is 1. The number of aromatic nitrogens is 1. The predicted molar refractivity (Wildman–Crippen MR) is 86.9 cm³/mol. The average Bonchev–Trinajstić information content (AvgIpc) is 3.40. The molecule has 1 aliphatic heterocycles. The summed E-state index contributed by atoms with van der Waals surface area (Å²) in [7, 11) is 1.33. The molecule has 2 aromatic rings. The molecule has 0 spiro atoms. The zero-order chi connectivity index (χ0) is 16.8. The number of ether oxygens (including phenoxy) is 1. The maximum Gasteiger partial charge on any atom is 0.250 e. The third-order valence-corrected chi connectivity index (χ3v) is 4.24. The summed E-state index contributed by atoms with van der Waals surface area (Å²) >= 11 is 0. The monoisotopic (exact) mass is 330 g/mol. The Morgan fingerprint density at radius 2 is 2.08 bits per heavy atom. The van der Waals surface area contributed by atoms with Crippen molar-refractivity contribution < 1.29 is 13.5 Å². The van der Waals surface area contributed by atoms with Crippen LogP contribution in [0.4, 0.5) is 14.5 Å². The fourth-order valence-corrected chi connectivity index (χ4v) is 2.94. The second-order valence-electron chi connectivity index (χ2n) is 5.86. The van der Waals surface area contributed by atoms with Gasteiger partial charge in [-0.3, -0.25) is 5.01 Å². The zero-order valence-electron chi connectivity index (χ0n) is 13.0. The topological polar surface area (TPSA) is 63.4 Å². The first kappa shape index (κ1) is 14.7. The number of nitrogens with one attached hydrogen (secondary N) is 1. The Balaban J connectivity index is 1.94. The summed E-state index contributed by atoms with van der Waals surface area (Å²) < 4.78 is 33.6. The molecular formula is C17H16F2N4O. The van der Waals surface area contributed by atoms with Gasteiger partial charge in [0.25, 0.3) is 0 Å². The summed E-state index contributed by atoms with van der Waals surface area (Å²) in [6.45, 7) is 0. The highest BCUT2D eigenvalue weighted by Crippen LogP contribution is 2.43. The molecule has 1 saturated carbocycles. The first-order chi connectivity index (χ1) is 11.6. The summed E-state index contributed by atoms with van der Waals surface area (Å²) in [5.74, 6) is -1.22. The first-order valence-corrected chi connectivity index (χ1v) is 7.64. The lowest BCUT2D eigenvalue weighted by atomic mass is 9.97. The Morgan fingerprint density at radius 1 is 1.29 bits per heavy atom. The van der Waals surface area contributed by atoms with Gasteiger partial charge in [0.05, 0.1) is 24.5 Å². The fraction of sp³-hybridized carbons (Fsp3) is 0.235. The molecule has 24 heavy (non-hydrogen) atoms. The highest BCUT2D eigenvalue weighted by molar-refractivity contribution is 5.90. The van der Waals surface area contributed by atoms with Gasteiger partial charge in [-0.15, -0.1) is 0 Å². The van der Waals surface area contributed by atoms with E-state index in [-0.39, 0.29) is 17.5 Å². The highest BCUT2D eigenvalue weighted by Gasteiger charge is 2.35. The molecule has 0 atom stereocenters. The van der Waals surface area contributed by atoms with Gasteiger partial charge in [0.1, 0.15) is 5.82 Å². The maximum absolute atomic E-state index is 14.7. The van der Waals surface area contributed by atoms with Crippen LogP contribution in [0.5, 0.6) is 5.88 Å². The third-order valence-electron chi connectivity index (χ3n) is 4.24. The molecule has 124 valence electrons. The average molecular weight is 330 g/mol. The Hall–Kier alpha value is -2.83. The standard InChI is InChI=1S/C17H16F2N4O/c1-24-17-13(19)6-9(7-21-17)15-12(18)5-4-11-14(20)8-22-23(16(11)15)10-2-3-10/h4-8,10,22H,2-3,20H2,1H3. The van der Waals surface area contributed by atoms with E-state index < -0.39 is 11.6 Å². The van der Waals surface area contributed by atoms with Crippen LogP contribution in [0.2, 0.25) is 0 Å². The van der Waals surface area contributed by atoms with Crippen LogP contribution in [-0.2, 0) is 0 Å². The van der Waals surface area contributed by atoms with Gasteiger partial charge in [-0.25, -0.2) is 13.8 Å². The van der Waals surface area contributed by atoms with Gasteiger partial charge in [0.15, 0.2) is 5.82 Å². The number of hydrogen-bond acceptors (Lipinski definition) is 5. The van der Waals surface area contributed by atoms with Gasteiger partial charge in [0, 0.05) is 29.1 Å². The van der Waals surface area contributed by atoms with Crippen LogP contribution in [-0.4, -0.2) is 18.1 Å². The Labute approximate surface area is 137 Å². The van der Waals surface area contributed by atoms with Gasteiger partial charge in [-0.1, -0.05) is 0 Å². The van der Waals surface area contributed by atoms with Crippen LogP contribution in [0, 0.1) is 11.6 Å². The molecular weight excluding hydrogens is 314 g/mol. The number of anilines is 1. The molecule has 0 saturated heterocycles. The first-order valence-electron chi connectivity index (χ1n) is 7.64. The molecule has 0 unspecified atom stereocenters. The van der Waals surface area contributed by atoms with E-state index in [0.29, 0.717) is 22.5 Å². The molecule has 2 heterocycles. The minimum absolute atomic E-state index is 0.124. The van der Waals surface area contributed by atoms with E-state index in [4.69, 9.17) is 10.5 Å². The molecule has 2 aliphatic rings. The molecule has 0 bridgehead atoms. The number of hydrazine groups is 1. The summed E-state index contributed by atoms with van der Waals surface area (Å²) in [5.41, 5.74) is 11.6. The minimum atomic E-state index is -0.641. The molecule has 7 heteroatoms. The normalized spacial score (nSPS) is 16.3. The lowest BCUT2D eigenvalue weighted by Crippen LogP contribution is -2.40. The number of pyridine rings is 1. The Kier molecular flexibility index (Phi) is 3.30. The second kappa shape index (κ2) is 5.36. The van der Waals surface area contributed by atoms with E-state index >= 15 is 0 Å². The van der Waals surface area contributed by atoms with Crippen LogP contribution in [0.25, 0.3) is 16.8 Å². The van der Waals surface area contributed by atoms with E-state index in [1.807, 2.05) is 5.01 Å². The van der Waals surface area contributed by atoms with Crippen LogP contribution in [0.3, 0.4) is 0 Å². The van der Waals surface area contributed by atoms with Crippen molar-refractivity contribution in [2.24, 2.45) is 5.73 Å². The van der Waals surface area contributed by atoms with Crippen molar-refractivity contribution in [1.82, 2.24) is 10.4 Å². The van der Waals surface area contributed by atoms with Crippen LogP contribution in [0.1, 0.15) is 18.4 Å². The van der Waals surface area contributed by atoms with Crippen molar-refractivity contribution in [3.05, 3.63) is 47.8 Å². The number of hydrogen-bond donors (Lipinski definition) is 2. The molecule has 1 fully saturated rings. The smallest absolute Gasteiger partial charge is 0.250 e. The van der Waals surface area contributed by atoms with Crippen molar-refractivity contribution in [2.45, 2.75) is 18.9 Å². The molecule has 1 aromatic heterocycles. The quantitative estimate of drug-likeness (QED) is 0.906. The number of rotatable bonds is 3. The Bertz CT molecular complexity index is 849. The molecule has 1 aromatic carbocycles. The predicted octanol–water partition coefficient (Wildman–Crippen LogP) is 2.78. The van der Waals surface area contributed by atoms with Crippen molar-refractivity contribution >= 4 is 11.4 Å². The van der Waals surface area contributed by atoms with Crippen molar-refractivity contribution in [3.8, 4) is 17.0 Å². The summed E-state index contributed by atoms with van der Waals surface area (Å²) in [6, 6.07) is 4.48. The van der Waals surface area contributed by atoms with Gasteiger partial charge in [-0.05, 0) is 31.0 Å². The summed E-state index contributed by atoms with van der Waals surface area (Å²) in [6.07, 6.45) is 5.10. The molecule has 0 radical (unpaired) electrons. The molecule has 4 rings (SSSR count). The van der Waals surface area contributed by atoms with Crippen LogP contribution in [0.15, 0.2) is 30.6 Å². The van der Waals surface area contributed by atoms with Crippen molar-refractivity contribution in [3.63, 3.8) is 0 Å². The largest absolute Gasteiger partial charge is 0.479 e. The lowest BCUT2D eigenvalue weighted by Gasteiger charge is -2.33. The van der Waals surface area contributed by atoms with Gasteiger partial charge in [0.2, 0.25) is 5.88 Å². The van der Waals surface area contributed by atoms with E-state index in [1.165, 1.54) is 25.4 Å². The SMILES string of the molecule is COc1ncc(-c2c(F)ccc3c2N(C2CC2)NC=C3N)cc1F.